The normalized spacial score (nSPS) is 10.9. The van der Waals surface area contributed by atoms with Crippen molar-refractivity contribution in [2.45, 2.75) is 64.7 Å². The van der Waals surface area contributed by atoms with Crippen LogP contribution in [0.3, 0.4) is 0 Å². The van der Waals surface area contributed by atoms with Crippen molar-refractivity contribution in [3.05, 3.63) is 18.2 Å². The summed E-state index contributed by atoms with van der Waals surface area (Å²) in [4.78, 5) is 3.29. The van der Waals surface area contributed by atoms with E-state index in [2.05, 4.69) is 29.7 Å². The second-order valence-electron chi connectivity index (χ2n) is 4.74. The molecule has 16 heavy (non-hydrogen) atoms. The SMILES string of the molecule is CCCCCCCCCCc1[nH]cc[n+]1C. The molecule has 0 aliphatic heterocycles. The number of imidazole rings is 1. The third-order valence-corrected chi connectivity index (χ3v) is 3.24. The lowest BCUT2D eigenvalue weighted by molar-refractivity contribution is -0.677. The highest BCUT2D eigenvalue weighted by atomic mass is 15.0. The number of H-pyrrole nitrogens is 1. The predicted octanol–water partition coefficient (Wildman–Crippen LogP) is 3.52. The molecule has 1 rings (SSSR count). The van der Waals surface area contributed by atoms with Gasteiger partial charge in [0.25, 0.3) is 5.82 Å². The van der Waals surface area contributed by atoms with Crippen molar-refractivity contribution >= 4 is 0 Å². The molecule has 0 unspecified atom stereocenters. The first-order chi connectivity index (χ1) is 7.84. The lowest BCUT2D eigenvalue weighted by atomic mass is 10.1. The predicted molar refractivity (Wildman–Crippen MR) is 68.3 cm³/mol. The quantitative estimate of drug-likeness (QED) is 0.488. The third-order valence-electron chi connectivity index (χ3n) is 3.24. The first-order valence-electron chi connectivity index (χ1n) is 6.86. The van der Waals surface area contributed by atoms with Gasteiger partial charge in [0, 0.05) is 6.42 Å². The fraction of sp³-hybridized carbons (Fsp3) is 0.786. The second-order valence-corrected chi connectivity index (χ2v) is 4.74. The Morgan fingerprint density at radius 2 is 1.62 bits per heavy atom. The van der Waals surface area contributed by atoms with E-state index in [1.54, 1.807) is 0 Å². The van der Waals surface area contributed by atoms with Crippen LogP contribution in [0, 0.1) is 0 Å². The topological polar surface area (TPSA) is 19.7 Å². The van der Waals surface area contributed by atoms with Crippen LogP contribution in [-0.4, -0.2) is 4.98 Å². The van der Waals surface area contributed by atoms with Crippen molar-refractivity contribution < 1.29 is 4.57 Å². The average Bonchev–Trinajstić information content (AvgIpc) is 2.68. The van der Waals surface area contributed by atoms with Crippen LogP contribution in [0.1, 0.15) is 64.1 Å². The maximum atomic E-state index is 3.29. The number of hydrogen-bond acceptors (Lipinski definition) is 0. The molecule has 0 amide bonds. The largest absolute Gasteiger partial charge is 0.253 e. The third kappa shape index (κ3) is 5.34. The Bertz CT molecular complexity index is 265. The van der Waals surface area contributed by atoms with Crippen LogP contribution < -0.4 is 4.57 Å². The highest BCUT2D eigenvalue weighted by Gasteiger charge is 2.04. The number of unbranched alkanes of at least 4 members (excludes halogenated alkanes) is 7. The summed E-state index contributed by atoms with van der Waals surface area (Å²) in [6.45, 7) is 2.27. The molecule has 0 bridgehead atoms. The van der Waals surface area contributed by atoms with Crippen molar-refractivity contribution in [3.63, 3.8) is 0 Å². The Morgan fingerprint density at radius 3 is 2.19 bits per heavy atom. The van der Waals surface area contributed by atoms with Crippen LogP contribution in [0.25, 0.3) is 0 Å². The van der Waals surface area contributed by atoms with E-state index in [0.29, 0.717) is 0 Å². The Hall–Kier alpha value is -0.790. The zero-order valence-electron chi connectivity index (χ0n) is 11.0. The lowest BCUT2D eigenvalue weighted by Gasteiger charge is -2.00. The summed E-state index contributed by atoms with van der Waals surface area (Å²) in [5, 5.41) is 0. The zero-order valence-corrected chi connectivity index (χ0v) is 11.0. The van der Waals surface area contributed by atoms with Crippen LogP contribution in [0.2, 0.25) is 0 Å². The molecule has 0 atom stereocenters. The molecule has 0 saturated heterocycles. The van der Waals surface area contributed by atoms with Gasteiger partial charge in [-0.25, -0.2) is 9.55 Å². The smallest absolute Gasteiger partial charge is 0.248 e. The number of nitrogens with one attached hydrogen (secondary N) is 1. The molecule has 0 fully saturated rings. The summed E-state index contributed by atoms with van der Waals surface area (Å²) in [6.07, 6.45) is 16.5. The first-order valence-corrected chi connectivity index (χ1v) is 6.86. The summed E-state index contributed by atoms with van der Waals surface area (Å²) in [5.41, 5.74) is 0. The Morgan fingerprint density at radius 1 is 1.00 bits per heavy atom. The van der Waals surface area contributed by atoms with Crippen molar-refractivity contribution in [2.24, 2.45) is 7.05 Å². The van der Waals surface area contributed by atoms with Gasteiger partial charge in [0.05, 0.1) is 7.05 Å². The molecule has 1 heterocycles. The molecular weight excluding hydrogens is 196 g/mol. The molecule has 2 heteroatoms. The number of nitrogens with zero attached hydrogens (tertiary/aromatic N) is 1. The van der Waals surface area contributed by atoms with E-state index < -0.39 is 0 Å². The lowest BCUT2D eigenvalue weighted by Crippen LogP contribution is -2.30. The minimum Gasteiger partial charge on any atom is -0.248 e. The molecule has 0 saturated carbocycles. The molecule has 0 radical (unpaired) electrons. The van der Waals surface area contributed by atoms with Gasteiger partial charge < -0.3 is 0 Å². The summed E-state index contributed by atoms with van der Waals surface area (Å²) in [5.74, 6) is 1.35. The fourth-order valence-corrected chi connectivity index (χ4v) is 2.11. The highest BCUT2D eigenvalue weighted by Crippen LogP contribution is 2.09. The Labute approximate surface area is 100 Å². The molecule has 92 valence electrons. The highest BCUT2D eigenvalue weighted by molar-refractivity contribution is 4.76. The number of hydrogen-bond donors (Lipinski definition) is 1. The van der Waals surface area contributed by atoms with Gasteiger partial charge in [0.1, 0.15) is 12.4 Å². The van der Waals surface area contributed by atoms with Crippen molar-refractivity contribution in [2.75, 3.05) is 0 Å². The van der Waals surface area contributed by atoms with Gasteiger partial charge in [-0.2, -0.15) is 0 Å². The van der Waals surface area contributed by atoms with Crippen LogP contribution in [0.15, 0.2) is 12.4 Å². The minimum atomic E-state index is 1.19. The van der Waals surface area contributed by atoms with Gasteiger partial charge in [-0.05, 0) is 6.42 Å². The molecular formula is C14H27N2+. The van der Waals surface area contributed by atoms with Gasteiger partial charge in [0.15, 0.2) is 0 Å². The van der Waals surface area contributed by atoms with Gasteiger partial charge >= 0.3 is 0 Å². The summed E-state index contributed by atoms with van der Waals surface area (Å²) >= 11 is 0. The van der Waals surface area contributed by atoms with E-state index in [9.17, 15) is 0 Å². The Balaban J connectivity index is 1.91. The number of aryl methyl sites for hydroxylation is 2. The van der Waals surface area contributed by atoms with Gasteiger partial charge in [-0.1, -0.05) is 51.9 Å². The minimum absolute atomic E-state index is 1.19. The van der Waals surface area contributed by atoms with E-state index in [1.165, 1.54) is 63.6 Å². The van der Waals surface area contributed by atoms with E-state index in [1.807, 2.05) is 6.20 Å². The van der Waals surface area contributed by atoms with Crippen LogP contribution >= 0.6 is 0 Å². The maximum Gasteiger partial charge on any atom is 0.253 e. The summed E-state index contributed by atoms with van der Waals surface area (Å²) in [6, 6.07) is 0. The molecule has 0 aromatic carbocycles. The first kappa shape index (κ1) is 13.3. The number of aromatic nitrogens is 2. The van der Waals surface area contributed by atoms with Crippen molar-refractivity contribution in [1.82, 2.24) is 4.98 Å². The van der Waals surface area contributed by atoms with Gasteiger partial charge in [-0.3, -0.25) is 0 Å². The summed E-state index contributed by atoms with van der Waals surface area (Å²) < 4.78 is 2.18. The van der Waals surface area contributed by atoms with E-state index >= 15 is 0 Å². The van der Waals surface area contributed by atoms with Gasteiger partial charge in [-0.15, -0.1) is 0 Å². The fourth-order valence-electron chi connectivity index (χ4n) is 2.11. The van der Waals surface area contributed by atoms with Crippen molar-refractivity contribution in [1.29, 1.82) is 0 Å². The molecule has 2 nitrogen and oxygen atoms in total. The molecule has 0 aliphatic carbocycles. The zero-order chi connectivity index (χ0) is 11.6. The van der Waals surface area contributed by atoms with E-state index in [0.717, 1.165) is 0 Å². The number of aromatic amines is 1. The second kappa shape index (κ2) is 8.37. The van der Waals surface area contributed by atoms with Gasteiger partial charge in [0.2, 0.25) is 0 Å². The molecule has 0 aliphatic rings. The standard InChI is InChI=1S/C14H26N2/c1-3-4-5-6-7-8-9-10-11-14-15-12-13-16(14)2/h12-13H,3-11H2,1-2H3/p+1. The summed E-state index contributed by atoms with van der Waals surface area (Å²) in [7, 11) is 2.11. The Kier molecular flexibility index (Phi) is 6.95. The monoisotopic (exact) mass is 223 g/mol. The van der Waals surface area contributed by atoms with E-state index in [-0.39, 0.29) is 0 Å². The van der Waals surface area contributed by atoms with Crippen LogP contribution in [0.4, 0.5) is 0 Å². The van der Waals surface area contributed by atoms with Crippen molar-refractivity contribution in [3.8, 4) is 0 Å². The average molecular weight is 223 g/mol. The maximum absolute atomic E-state index is 3.29. The molecule has 1 N–H and O–H groups in total. The molecule has 1 aromatic heterocycles. The van der Waals surface area contributed by atoms with E-state index in [4.69, 9.17) is 0 Å². The number of rotatable bonds is 9. The molecule has 0 spiro atoms. The molecule has 1 aromatic rings. The van der Waals surface area contributed by atoms with Crippen LogP contribution in [-0.2, 0) is 13.5 Å². The van der Waals surface area contributed by atoms with Crippen LogP contribution in [0.5, 0.6) is 0 Å².